The zero-order chi connectivity index (χ0) is 16.9. The van der Waals surface area contributed by atoms with E-state index in [1.165, 1.54) is 7.11 Å². The first kappa shape index (κ1) is 16.4. The van der Waals surface area contributed by atoms with Crippen molar-refractivity contribution in [1.29, 1.82) is 0 Å². The minimum atomic E-state index is -0.155. The molecule has 0 aliphatic carbocycles. The summed E-state index contributed by atoms with van der Waals surface area (Å²) in [6.45, 7) is 1.10. The van der Waals surface area contributed by atoms with Gasteiger partial charge in [-0.2, -0.15) is 0 Å². The molecule has 3 rings (SSSR count). The number of nitrogens with one attached hydrogen (secondary N) is 1. The van der Waals surface area contributed by atoms with Crippen molar-refractivity contribution in [3.8, 4) is 0 Å². The average molecular weight is 327 g/mol. The predicted molar refractivity (Wildman–Crippen MR) is 92.7 cm³/mol. The van der Waals surface area contributed by atoms with E-state index in [2.05, 4.69) is 31.9 Å². The van der Waals surface area contributed by atoms with Gasteiger partial charge in [-0.15, -0.1) is 0 Å². The lowest BCUT2D eigenvalue weighted by Gasteiger charge is -2.05. The standard InChI is InChI=1S/C18H21N3O3/c1-21-16-8-4-3-7-13(16)14-11-15(20-12-17(14)21)18(22)19-9-5-6-10-24-23-2/h3-4,7-8,11-12H,5-6,9-10H2,1-2H3,(H,19,22). The molecule has 0 fully saturated rings. The summed E-state index contributed by atoms with van der Waals surface area (Å²) in [5.41, 5.74) is 2.58. The maximum absolute atomic E-state index is 12.3. The topological polar surface area (TPSA) is 65.4 Å². The lowest BCUT2D eigenvalue weighted by atomic mass is 10.1. The number of nitrogens with zero attached hydrogens (tertiary/aromatic N) is 2. The molecule has 0 aliphatic rings. The SMILES string of the molecule is COOCCCCNC(=O)c1cc2c3ccccc3n(C)c2cn1. The molecule has 0 radical (unpaired) electrons. The first-order chi connectivity index (χ1) is 11.7. The number of aryl methyl sites for hydroxylation is 1. The highest BCUT2D eigenvalue weighted by molar-refractivity contribution is 6.09. The van der Waals surface area contributed by atoms with E-state index in [4.69, 9.17) is 4.89 Å². The number of hydrogen-bond donors (Lipinski definition) is 1. The van der Waals surface area contributed by atoms with Crippen molar-refractivity contribution in [3.05, 3.63) is 42.2 Å². The van der Waals surface area contributed by atoms with Crippen LogP contribution in [0.1, 0.15) is 23.3 Å². The molecule has 6 heteroatoms. The van der Waals surface area contributed by atoms with E-state index >= 15 is 0 Å². The Morgan fingerprint density at radius 2 is 2.04 bits per heavy atom. The number of pyridine rings is 1. The van der Waals surface area contributed by atoms with Gasteiger partial charge >= 0.3 is 0 Å². The van der Waals surface area contributed by atoms with Crippen LogP contribution in [0.3, 0.4) is 0 Å². The van der Waals surface area contributed by atoms with Crippen LogP contribution in [-0.4, -0.2) is 35.7 Å². The molecule has 6 nitrogen and oxygen atoms in total. The molecule has 0 unspecified atom stereocenters. The van der Waals surface area contributed by atoms with Gasteiger partial charge in [-0.3, -0.25) is 4.79 Å². The van der Waals surface area contributed by atoms with Crippen LogP contribution in [0.4, 0.5) is 0 Å². The van der Waals surface area contributed by atoms with Crippen molar-refractivity contribution >= 4 is 27.7 Å². The predicted octanol–water partition coefficient (Wildman–Crippen LogP) is 2.81. The number of fused-ring (bicyclic) bond motifs is 3. The molecule has 0 spiro atoms. The summed E-state index contributed by atoms with van der Waals surface area (Å²) in [5.74, 6) is -0.155. The zero-order valence-electron chi connectivity index (χ0n) is 13.9. The Morgan fingerprint density at radius 3 is 2.88 bits per heavy atom. The van der Waals surface area contributed by atoms with Gasteiger partial charge in [0.05, 0.1) is 25.4 Å². The van der Waals surface area contributed by atoms with E-state index in [-0.39, 0.29) is 5.91 Å². The largest absolute Gasteiger partial charge is 0.351 e. The molecule has 0 atom stereocenters. The van der Waals surface area contributed by atoms with E-state index in [0.717, 1.165) is 34.6 Å². The summed E-state index contributed by atoms with van der Waals surface area (Å²) in [7, 11) is 3.49. The fourth-order valence-electron chi connectivity index (χ4n) is 2.84. The maximum Gasteiger partial charge on any atom is 0.269 e. The van der Waals surface area contributed by atoms with Crippen LogP contribution in [-0.2, 0) is 16.8 Å². The van der Waals surface area contributed by atoms with Crippen LogP contribution in [0.2, 0.25) is 0 Å². The van der Waals surface area contributed by atoms with E-state index in [1.807, 2.05) is 25.2 Å². The van der Waals surface area contributed by atoms with Gasteiger partial charge in [0.15, 0.2) is 0 Å². The highest BCUT2D eigenvalue weighted by Crippen LogP contribution is 2.27. The molecule has 0 saturated carbocycles. The van der Waals surface area contributed by atoms with Gasteiger partial charge in [-0.05, 0) is 25.0 Å². The van der Waals surface area contributed by atoms with Gasteiger partial charge in [0.25, 0.3) is 5.91 Å². The monoisotopic (exact) mass is 327 g/mol. The van der Waals surface area contributed by atoms with Crippen molar-refractivity contribution in [2.45, 2.75) is 12.8 Å². The number of unbranched alkanes of at least 4 members (excludes halogenated alkanes) is 1. The molecule has 0 bridgehead atoms. The molecule has 2 aromatic heterocycles. The minimum absolute atomic E-state index is 0.155. The lowest BCUT2D eigenvalue weighted by molar-refractivity contribution is -0.272. The Kier molecular flexibility index (Phi) is 5.08. The number of amides is 1. The summed E-state index contributed by atoms with van der Waals surface area (Å²) in [6, 6.07) is 10.0. The number of hydrogen-bond acceptors (Lipinski definition) is 4. The summed E-state index contributed by atoms with van der Waals surface area (Å²) in [6.07, 6.45) is 3.41. The summed E-state index contributed by atoms with van der Waals surface area (Å²) in [4.78, 5) is 25.9. The van der Waals surface area contributed by atoms with Gasteiger partial charge in [0, 0.05) is 29.9 Å². The molecule has 0 aliphatic heterocycles. The second kappa shape index (κ2) is 7.42. The van der Waals surface area contributed by atoms with Crippen LogP contribution >= 0.6 is 0 Å². The van der Waals surface area contributed by atoms with Crippen LogP contribution in [0.15, 0.2) is 36.5 Å². The van der Waals surface area contributed by atoms with E-state index in [0.29, 0.717) is 18.8 Å². The smallest absolute Gasteiger partial charge is 0.269 e. The van der Waals surface area contributed by atoms with Crippen LogP contribution < -0.4 is 5.32 Å². The number of carbonyl (C=O) groups is 1. The van der Waals surface area contributed by atoms with Crippen LogP contribution in [0.25, 0.3) is 21.8 Å². The zero-order valence-corrected chi connectivity index (χ0v) is 13.9. The van der Waals surface area contributed by atoms with Crippen molar-refractivity contribution in [1.82, 2.24) is 14.9 Å². The third-order valence-corrected chi connectivity index (χ3v) is 4.09. The summed E-state index contributed by atoms with van der Waals surface area (Å²) in [5, 5.41) is 5.06. The summed E-state index contributed by atoms with van der Waals surface area (Å²) >= 11 is 0. The lowest BCUT2D eigenvalue weighted by Crippen LogP contribution is -2.25. The fraction of sp³-hybridized carbons (Fsp3) is 0.333. The first-order valence-electron chi connectivity index (χ1n) is 7.99. The first-order valence-corrected chi connectivity index (χ1v) is 7.99. The van der Waals surface area contributed by atoms with Crippen molar-refractivity contribution in [2.24, 2.45) is 7.05 Å². The molecule has 1 aromatic carbocycles. The molecule has 126 valence electrons. The highest BCUT2D eigenvalue weighted by atomic mass is 17.2. The molecule has 1 amide bonds. The quantitative estimate of drug-likeness (QED) is 0.412. The Labute approximate surface area is 140 Å². The van der Waals surface area contributed by atoms with Crippen molar-refractivity contribution in [3.63, 3.8) is 0 Å². The number of para-hydroxylation sites is 1. The van der Waals surface area contributed by atoms with Crippen molar-refractivity contribution in [2.75, 3.05) is 20.3 Å². The van der Waals surface area contributed by atoms with E-state index in [1.54, 1.807) is 6.20 Å². The molecular weight excluding hydrogens is 306 g/mol. The van der Waals surface area contributed by atoms with Gasteiger partial charge in [0.2, 0.25) is 0 Å². The average Bonchev–Trinajstić information content (AvgIpc) is 2.90. The number of benzene rings is 1. The molecule has 3 aromatic rings. The Hall–Kier alpha value is -2.44. The Morgan fingerprint density at radius 1 is 1.21 bits per heavy atom. The van der Waals surface area contributed by atoms with Gasteiger partial charge < -0.3 is 9.88 Å². The normalized spacial score (nSPS) is 11.2. The molecule has 24 heavy (non-hydrogen) atoms. The maximum atomic E-state index is 12.3. The minimum Gasteiger partial charge on any atom is -0.351 e. The van der Waals surface area contributed by atoms with E-state index < -0.39 is 0 Å². The number of rotatable bonds is 7. The van der Waals surface area contributed by atoms with Gasteiger partial charge in [-0.25, -0.2) is 14.8 Å². The molecule has 2 heterocycles. The van der Waals surface area contributed by atoms with Crippen LogP contribution in [0.5, 0.6) is 0 Å². The second-order valence-corrected chi connectivity index (χ2v) is 5.61. The molecular formula is C18H21N3O3. The van der Waals surface area contributed by atoms with Crippen LogP contribution in [0, 0.1) is 0 Å². The Balaban J connectivity index is 1.73. The summed E-state index contributed by atoms with van der Waals surface area (Å²) < 4.78 is 2.09. The third kappa shape index (κ3) is 3.25. The van der Waals surface area contributed by atoms with Gasteiger partial charge in [0.1, 0.15) is 5.69 Å². The third-order valence-electron chi connectivity index (χ3n) is 4.09. The highest BCUT2D eigenvalue weighted by Gasteiger charge is 2.12. The fourth-order valence-corrected chi connectivity index (χ4v) is 2.84. The number of carbonyl (C=O) groups excluding carboxylic acids is 1. The Bertz CT molecular complexity index is 857. The second-order valence-electron chi connectivity index (χ2n) is 5.61. The number of aromatic nitrogens is 2. The molecule has 1 N–H and O–H groups in total. The van der Waals surface area contributed by atoms with Crippen molar-refractivity contribution < 1.29 is 14.6 Å². The van der Waals surface area contributed by atoms with Gasteiger partial charge in [-0.1, -0.05) is 18.2 Å². The molecule has 0 saturated heterocycles. The van der Waals surface area contributed by atoms with E-state index in [9.17, 15) is 4.79 Å².